The van der Waals surface area contributed by atoms with Crippen LogP contribution < -0.4 is 9.62 Å². The molecule has 1 aliphatic rings. The Morgan fingerprint density at radius 3 is 2.35 bits per heavy atom. The van der Waals surface area contributed by atoms with Crippen LogP contribution in [0.1, 0.15) is 19.4 Å². The van der Waals surface area contributed by atoms with E-state index in [0.29, 0.717) is 6.54 Å². The van der Waals surface area contributed by atoms with Crippen molar-refractivity contribution in [3.63, 3.8) is 0 Å². The van der Waals surface area contributed by atoms with E-state index in [0.717, 1.165) is 55.4 Å². The lowest BCUT2D eigenvalue weighted by molar-refractivity contribution is 0.271. The van der Waals surface area contributed by atoms with Crippen LogP contribution in [0.3, 0.4) is 0 Å². The van der Waals surface area contributed by atoms with Crippen LogP contribution in [0, 0.1) is 0 Å². The van der Waals surface area contributed by atoms with Crippen LogP contribution >= 0.6 is 0 Å². The molecule has 31 heavy (non-hydrogen) atoms. The fourth-order valence-corrected chi connectivity index (χ4v) is 5.28. The summed E-state index contributed by atoms with van der Waals surface area (Å²) in [7, 11) is -3.30. The lowest BCUT2D eigenvalue weighted by Crippen LogP contribution is -2.46. The number of aromatic nitrogens is 1. The smallest absolute Gasteiger partial charge is 0.215 e. The fourth-order valence-electron chi connectivity index (χ4n) is 4.11. The number of fused-ring (bicyclic) bond motifs is 1. The molecule has 0 saturated carbocycles. The highest BCUT2D eigenvalue weighted by molar-refractivity contribution is 7.88. The maximum Gasteiger partial charge on any atom is 0.215 e. The molecule has 0 atom stereocenters. The van der Waals surface area contributed by atoms with Crippen LogP contribution in [0.25, 0.3) is 22.0 Å². The van der Waals surface area contributed by atoms with Gasteiger partial charge in [0.1, 0.15) is 5.82 Å². The number of anilines is 1. The third kappa shape index (κ3) is 5.06. The Hall–Kier alpha value is -2.48. The summed E-state index contributed by atoms with van der Waals surface area (Å²) in [5.74, 6) is 1.02. The number of nitrogens with zero attached hydrogens (tertiary/aromatic N) is 3. The molecule has 164 valence electrons. The Bertz CT molecular complexity index is 1140. The van der Waals surface area contributed by atoms with E-state index in [2.05, 4.69) is 51.8 Å². The van der Waals surface area contributed by atoms with Crippen molar-refractivity contribution >= 4 is 26.6 Å². The molecule has 1 N–H and O–H groups in total. The molecule has 6 nitrogen and oxygen atoms in total. The molecule has 1 fully saturated rings. The summed E-state index contributed by atoms with van der Waals surface area (Å²) in [5, 5.41) is 2.34. The van der Waals surface area contributed by atoms with E-state index in [9.17, 15) is 8.42 Å². The van der Waals surface area contributed by atoms with Gasteiger partial charge in [0.05, 0.1) is 11.4 Å². The summed E-state index contributed by atoms with van der Waals surface area (Å²) in [6.45, 7) is 9.50. The van der Waals surface area contributed by atoms with Crippen LogP contribution in [0.2, 0.25) is 0 Å². The van der Waals surface area contributed by atoms with E-state index in [1.54, 1.807) is 6.92 Å². The number of hydrogen-bond donors (Lipinski definition) is 1. The number of benzene rings is 2. The Morgan fingerprint density at radius 2 is 1.68 bits per heavy atom. The van der Waals surface area contributed by atoms with Crippen LogP contribution in [-0.2, 0) is 15.8 Å². The number of pyridine rings is 1. The van der Waals surface area contributed by atoms with Gasteiger partial charge in [-0.15, -0.1) is 0 Å². The Morgan fingerprint density at radius 1 is 0.968 bits per heavy atom. The number of hydrogen-bond acceptors (Lipinski definition) is 5. The second kappa shape index (κ2) is 9.34. The van der Waals surface area contributed by atoms with Crippen molar-refractivity contribution in [2.75, 3.05) is 44.2 Å². The van der Waals surface area contributed by atoms with Gasteiger partial charge in [-0.25, -0.2) is 18.1 Å². The summed E-state index contributed by atoms with van der Waals surface area (Å²) in [4.78, 5) is 9.90. The molecular weight excluding hydrogens is 408 g/mol. The first-order valence-corrected chi connectivity index (χ1v) is 12.6. The molecule has 0 amide bonds. The maximum atomic E-state index is 12.0. The van der Waals surface area contributed by atoms with Gasteiger partial charge >= 0.3 is 0 Å². The van der Waals surface area contributed by atoms with Gasteiger partial charge in [-0.2, -0.15) is 0 Å². The second-order valence-corrected chi connectivity index (χ2v) is 9.73. The lowest BCUT2D eigenvalue weighted by Gasteiger charge is -2.35. The van der Waals surface area contributed by atoms with Gasteiger partial charge in [0, 0.05) is 43.7 Å². The van der Waals surface area contributed by atoms with Crippen molar-refractivity contribution in [3.05, 3.63) is 60.2 Å². The van der Waals surface area contributed by atoms with Crippen LogP contribution in [0.4, 0.5) is 5.82 Å². The highest BCUT2D eigenvalue weighted by Gasteiger charge is 2.20. The van der Waals surface area contributed by atoms with Crippen molar-refractivity contribution in [3.8, 4) is 11.3 Å². The molecule has 0 radical (unpaired) electrons. The number of likely N-dealkylation sites (N-methyl/N-ethyl adjacent to an activating group) is 1. The van der Waals surface area contributed by atoms with Gasteiger partial charge in [0.25, 0.3) is 0 Å². The van der Waals surface area contributed by atoms with Crippen molar-refractivity contribution in [2.24, 2.45) is 0 Å². The van der Waals surface area contributed by atoms with Crippen LogP contribution in [0.5, 0.6) is 0 Å². The predicted octanol–water partition coefficient (Wildman–Crippen LogP) is 3.48. The minimum atomic E-state index is -3.30. The molecule has 1 aromatic heterocycles. The molecule has 1 saturated heterocycles. The largest absolute Gasteiger partial charge is 0.354 e. The third-order valence-corrected chi connectivity index (χ3v) is 7.25. The zero-order valence-electron chi connectivity index (χ0n) is 18.2. The molecular formula is C24H30N4O2S. The Kier molecular flexibility index (Phi) is 6.55. The summed E-state index contributed by atoms with van der Waals surface area (Å²) in [6, 6.07) is 18.2. The molecule has 0 unspecified atom stereocenters. The number of sulfonamides is 1. The number of nitrogens with one attached hydrogen (secondary N) is 1. The third-order valence-electron chi connectivity index (χ3n) is 5.81. The molecule has 2 heterocycles. The second-order valence-electron chi connectivity index (χ2n) is 7.93. The summed E-state index contributed by atoms with van der Waals surface area (Å²) in [5.41, 5.74) is 2.66. The number of piperazine rings is 1. The summed E-state index contributed by atoms with van der Waals surface area (Å²) < 4.78 is 26.6. The van der Waals surface area contributed by atoms with Gasteiger partial charge < -0.3 is 9.80 Å². The molecule has 2 aromatic carbocycles. The molecule has 0 spiro atoms. The molecule has 3 aromatic rings. The molecule has 0 bridgehead atoms. The quantitative estimate of drug-likeness (QED) is 0.612. The maximum absolute atomic E-state index is 12.0. The summed E-state index contributed by atoms with van der Waals surface area (Å²) >= 11 is 0. The molecule has 7 heteroatoms. The van der Waals surface area contributed by atoms with Crippen molar-refractivity contribution < 1.29 is 8.42 Å². The van der Waals surface area contributed by atoms with Gasteiger partial charge in [-0.1, -0.05) is 62.4 Å². The van der Waals surface area contributed by atoms with Crippen molar-refractivity contribution in [1.29, 1.82) is 0 Å². The highest BCUT2D eigenvalue weighted by Crippen LogP contribution is 2.31. The van der Waals surface area contributed by atoms with E-state index in [1.165, 1.54) is 10.8 Å². The molecule has 4 rings (SSSR count). The SMILES string of the molecule is CCNS(=O)(=O)Cc1ccc(-c2cc3ccccc3c(N3CCN(CC)CC3)n2)cc1. The molecule has 0 aliphatic carbocycles. The molecule has 1 aliphatic heterocycles. The minimum absolute atomic E-state index is 0.0147. The van der Waals surface area contributed by atoms with E-state index >= 15 is 0 Å². The standard InChI is InChI=1S/C24H30N4O2S/c1-3-25-31(29,30)18-19-9-11-20(12-10-19)23-17-21-7-5-6-8-22(21)24(26-23)28-15-13-27(4-2)14-16-28/h5-12,17,25H,3-4,13-16,18H2,1-2H3. The first kappa shape index (κ1) is 21.7. The highest BCUT2D eigenvalue weighted by atomic mass is 32.2. The van der Waals surface area contributed by atoms with Crippen molar-refractivity contribution in [1.82, 2.24) is 14.6 Å². The van der Waals surface area contributed by atoms with E-state index in [4.69, 9.17) is 4.98 Å². The predicted molar refractivity (Wildman–Crippen MR) is 128 cm³/mol. The van der Waals surface area contributed by atoms with Gasteiger partial charge in [-0.3, -0.25) is 0 Å². The van der Waals surface area contributed by atoms with Gasteiger partial charge in [0.2, 0.25) is 10.0 Å². The normalized spacial score (nSPS) is 15.5. The average molecular weight is 439 g/mol. The minimum Gasteiger partial charge on any atom is -0.354 e. The van der Waals surface area contributed by atoms with E-state index in [-0.39, 0.29) is 5.75 Å². The van der Waals surface area contributed by atoms with Gasteiger partial charge in [0.15, 0.2) is 0 Å². The first-order chi connectivity index (χ1) is 15.0. The van der Waals surface area contributed by atoms with Gasteiger partial charge in [-0.05, 0) is 23.6 Å². The Balaban J connectivity index is 1.65. The average Bonchev–Trinajstić information content (AvgIpc) is 2.78. The fraction of sp³-hybridized carbons (Fsp3) is 0.375. The van der Waals surface area contributed by atoms with E-state index in [1.807, 2.05) is 24.3 Å². The Labute approximate surface area is 184 Å². The number of rotatable bonds is 7. The lowest BCUT2D eigenvalue weighted by atomic mass is 10.0. The van der Waals surface area contributed by atoms with Crippen LogP contribution in [0.15, 0.2) is 54.6 Å². The summed E-state index contributed by atoms with van der Waals surface area (Å²) in [6.07, 6.45) is 0. The zero-order chi connectivity index (χ0) is 21.8. The first-order valence-electron chi connectivity index (χ1n) is 10.9. The van der Waals surface area contributed by atoms with Crippen molar-refractivity contribution in [2.45, 2.75) is 19.6 Å². The topological polar surface area (TPSA) is 65.5 Å². The van der Waals surface area contributed by atoms with Crippen LogP contribution in [-0.4, -0.2) is 57.6 Å². The zero-order valence-corrected chi connectivity index (χ0v) is 19.0. The van der Waals surface area contributed by atoms with E-state index < -0.39 is 10.0 Å². The monoisotopic (exact) mass is 438 g/mol.